The Morgan fingerprint density at radius 1 is 0.957 bits per heavy atom. The normalized spacial score (nSPS) is 22.2. The highest BCUT2D eigenvalue weighted by Crippen LogP contribution is 2.37. The number of anilines is 3. The van der Waals surface area contributed by atoms with E-state index >= 15 is 0 Å². The first-order chi connectivity index (χ1) is 22.6. The first-order valence-electron chi connectivity index (χ1n) is 17.1. The molecule has 0 amide bonds. The zero-order chi connectivity index (χ0) is 33.4. The molecule has 2 aliphatic rings. The summed E-state index contributed by atoms with van der Waals surface area (Å²) in [6.07, 6.45) is 11.9. The number of nitrogens with zero attached hydrogens (tertiary/aromatic N) is 5. The predicted octanol–water partition coefficient (Wildman–Crippen LogP) is 5.99. The van der Waals surface area contributed by atoms with Crippen molar-refractivity contribution in [1.82, 2.24) is 29.1 Å². The van der Waals surface area contributed by atoms with Crippen molar-refractivity contribution < 1.29 is 21.9 Å². The number of fused-ring (bicyclic) bond motifs is 1. The van der Waals surface area contributed by atoms with Crippen LogP contribution in [0.25, 0.3) is 11.2 Å². The standard InChI is InChI=1S/C33H50F2N8O3S/c1-4-16-42(17-5-2)18-19-46-22-23-6-13-27(14-7-23)43-31-30(39-33(43)38-29-15-8-24(34)20-28(29)35)21-36-32(40-31)37-25-9-11-26(12-10-25)41-47(3,44)45/h8,15,20-21,23,25-27,41H,4-7,9-14,16-19,22H2,1-3H3,(H,38,39)(H,36,37,40)/t23-,25-,26-,27+. The van der Waals surface area contributed by atoms with Crippen LogP contribution in [-0.4, -0.2) is 84.0 Å². The van der Waals surface area contributed by atoms with Crippen LogP contribution in [0.4, 0.5) is 26.4 Å². The summed E-state index contributed by atoms with van der Waals surface area (Å²) in [5.74, 6) is 0.0384. The van der Waals surface area contributed by atoms with Crippen LogP contribution < -0.4 is 15.4 Å². The number of rotatable bonds is 16. The topological polar surface area (TPSA) is 126 Å². The average Bonchev–Trinajstić information content (AvgIpc) is 3.38. The maximum absolute atomic E-state index is 14.7. The van der Waals surface area contributed by atoms with Gasteiger partial charge in [-0.3, -0.25) is 4.57 Å². The second-order valence-corrected chi connectivity index (χ2v) is 14.9. The van der Waals surface area contributed by atoms with Gasteiger partial charge in [-0.15, -0.1) is 0 Å². The first-order valence-corrected chi connectivity index (χ1v) is 19.0. The lowest BCUT2D eigenvalue weighted by Gasteiger charge is -2.31. The van der Waals surface area contributed by atoms with Crippen LogP contribution in [0.2, 0.25) is 0 Å². The Labute approximate surface area is 277 Å². The minimum absolute atomic E-state index is 0.0642. The highest BCUT2D eigenvalue weighted by atomic mass is 32.2. The lowest BCUT2D eigenvalue weighted by atomic mass is 9.86. The molecule has 1 aromatic carbocycles. The Hall–Kier alpha value is -2.94. The lowest BCUT2D eigenvalue weighted by Crippen LogP contribution is -2.39. The van der Waals surface area contributed by atoms with Crippen molar-refractivity contribution in [2.24, 2.45) is 5.92 Å². The van der Waals surface area contributed by atoms with Crippen LogP contribution in [0.15, 0.2) is 24.4 Å². The molecule has 2 fully saturated rings. The third-order valence-corrected chi connectivity index (χ3v) is 9.98. The number of halogens is 2. The molecule has 260 valence electrons. The summed E-state index contributed by atoms with van der Waals surface area (Å²) in [4.78, 5) is 16.6. The third-order valence-electron chi connectivity index (χ3n) is 9.22. The Bertz CT molecular complexity index is 1550. The van der Waals surface area contributed by atoms with E-state index in [1.807, 2.05) is 4.57 Å². The molecule has 14 heteroatoms. The van der Waals surface area contributed by atoms with Crippen molar-refractivity contribution in [3.8, 4) is 0 Å². The number of hydrogen-bond acceptors (Lipinski definition) is 9. The molecular formula is C33H50F2N8O3S. The monoisotopic (exact) mass is 676 g/mol. The molecule has 0 spiro atoms. The van der Waals surface area contributed by atoms with Crippen molar-refractivity contribution in [3.05, 3.63) is 36.0 Å². The first kappa shape index (κ1) is 35.4. The molecule has 0 unspecified atom stereocenters. The highest BCUT2D eigenvalue weighted by molar-refractivity contribution is 7.88. The summed E-state index contributed by atoms with van der Waals surface area (Å²) in [6.45, 7) is 9.07. The van der Waals surface area contributed by atoms with Crippen molar-refractivity contribution in [2.75, 3.05) is 49.7 Å². The molecule has 47 heavy (non-hydrogen) atoms. The minimum atomic E-state index is -3.24. The van der Waals surface area contributed by atoms with Crippen LogP contribution in [0, 0.1) is 17.6 Å². The van der Waals surface area contributed by atoms with Gasteiger partial charge in [-0.2, -0.15) is 4.98 Å². The van der Waals surface area contributed by atoms with Gasteiger partial charge in [0.05, 0.1) is 24.7 Å². The van der Waals surface area contributed by atoms with Gasteiger partial charge in [0.25, 0.3) is 0 Å². The number of sulfonamides is 1. The molecular weight excluding hydrogens is 626 g/mol. The molecule has 0 aliphatic heterocycles. The van der Waals surface area contributed by atoms with Gasteiger partial charge in [0, 0.05) is 37.3 Å². The van der Waals surface area contributed by atoms with Crippen molar-refractivity contribution in [3.63, 3.8) is 0 Å². The van der Waals surface area contributed by atoms with Crippen LogP contribution >= 0.6 is 0 Å². The van der Waals surface area contributed by atoms with E-state index in [4.69, 9.17) is 14.7 Å². The maximum Gasteiger partial charge on any atom is 0.224 e. The van der Waals surface area contributed by atoms with E-state index in [9.17, 15) is 17.2 Å². The smallest absolute Gasteiger partial charge is 0.224 e. The fourth-order valence-corrected chi connectivity index (χ4v) is 7.77. The maximum atomic E-state index is 14.7. The van der Waals surface area contributed by atoms with Crippen LogP contribution in [0.5, 0.6) is 0 Å². The molecule has 3 aromatic rings. The molecule has 2 aromatic heterocycles. The molecule has 3 N–H and O–H groups in total. The van der Waals surface area contributed by atoms with E-state index in [0.717, 1.165) is 103 Å². The molecule has 2 saturated carbocycles. The van der Waals surface area contributed by atoms with Gasteiger partial charge in [-0.1, -0.05) is 13.8 Å². The largest absolute Gasteiger partial charge is 0.380 e. The quantitative estimate of drug-likeness (QED) is 0.157. The van der Waals surface area contributed by atoms with Crippen molar-refractivity contribution in [1.29, 1.82) is 0 Å². The molecule has 0 radical (unpaired) electrons. The number of hydrogen-bond donors (Lipinski definition) is 3. The number of ether oxygens (including phenoxy) is 1. The molecule has 0 bridgehead atoms. The number of benzene rings is 1. The molecule has 0 saturated heterocycles. The van der Waals surface area contributed by atoms with Crippen LogP contribution in [0.1, 0.15) is 84.1 Å². The van der Waals surface area contributed by atoms with Gasteiger partial charge >= 0.3 is 0 Å². The molecule has 5 rings (SSSR count). The Morgan fingerprint density at radius 3 is 2.32 bits per heavy atom. The average molecular weight is 677 g/mol. The van der Waals surface area contributed by atoms with Crippen LogP contribution in [0.3, 0.4) is 0 Å². The summed E-state index contributed by atoms with van der Waals surface area (Å²) >= 11 is 0. The van der Waals surface area contributed by atoms with E-state index in [-0.39, 0.29) is 23.8 Å². The van der Waals surface area contributed by atoms with Gasteiger partial charge in [0.15, 0.2) is 5.65 Å². The van der Waals surface area contributed by atoms with E-state index in [1.54, 1.807) is 6.20 Å². The summed E-state index contributed by atoms with van der Waals surface area (Å²) in [7, 11) is -3.24. The fourth-order valence-electron chi connectivity index (χ4n) is 6.93. The van der Waals surface area contributed by atoms with Crippen molar-refractivity contribution >= 4 is 38.8 Å². The van der Waals surface area contributed by atoms with Crippen molar-refractivity contribution in [2.45, 2.75) is 96.2 Å². The number of nitrogens with one attached hydrogen (secondary N) is 3. The summed E-state index contributed by atoms with van der Waals surface area (Å²) in [6, 6.07) is 3.57. The third kappa shape index (κ3) is 10.0. The molecule has 2 heterocycles. The minimum Gasteiger partial charge on any atom is -0.380 e. The van der Waals surface area contributed by atoms with E-state index in [2.05, 4.69) is 39.1 Å². The Kier molecular flexibility index (Phi) is 12.4. The zero-order valence-corrected chi connectivity index (χ0v) is 28.7. The summed E-state index contributed by atoms with van der Waals surface area (Å²) < 4.78 is 62.5. The SMILES string of the molecule is CCCN(CCC)CCOC[C@H]1CC[C@@H](n2c(Nc3ccc(F)cc3F)nc3cnc(N[C@H]4CC[C@H](NS(C)(=O)=O)CC4)nc32)CC1. The number of aromatic nitrogens is 4. The Balaban J connectivity index is 1.28. The van der Waals surface area contributed by atoms with Gasteiger partial charge in [0.1, 0.15) is 17.2 Å². The lowest BCUT2D eigenvalue weighted by molar-refractivity contribution is 0.0622. The van der Waals surface area contributed by atoms with Gasteiger partial charge in [-0.05, 0) is 95.3 Å². The van der Waals surface area contributed by atoms with Gasteiger partial charge in [0.2, 0.25) is 21.9 Å². The zero-order valence-electron chi connectivity index (χ0n) is 27.9. The molecule has 0 atom stereocenters. The summed E-state index contributed by atoms with van der Waals surface area (Å²) in [5.41, 5.74) is 1.36. The Morgan fingerprint density at radius 2 is 1.66 bits per heavy atom. The van der Waals surface area contributed by atoms with E-state index in [0.29, 0.717) is 29.0 Å². The molecule has 2 aliphatic carbocycles. The fraction of sp³-hybridized carbons (Fsp3) is 0.667. The molecule has 11 nitrogen and oxygen atoms in total. The van der Waals surface area contributed by atoms with Gasteiger partial charge < -0.3 is 20.3 Å². The second-order valence-electron chi connectivity index (χ2n) is 13.1. The van der Waals surface area contributed by atoms with Gasteiger partial charge in [-0.25, -0.2) is 31.9 Å². The summed E-state index contributed by atoms with van der Waals surface area (Å²) in [5, 5.41) is 6.54. The number of imidazole rings is 1. The van der Waals surface area contributed by atoms with Crippen LogP contribution in [-0.2, 0) is 14.8 Å². The highest BCUT2D eigenvalue weighted by Gasteiger charge is 2.28. The van der Waals surface area contributed by atoms with E-state index < -0.39 is 21.7 Å². The predicted molar refractivity (Wildman–Crippen MR) is 181 cm³/mol. The van der Waals surface area contributed by atoms with E-state index in [1.165, 1.54) is 18.4 Å². The second kappa shape index (κ2) is 16.4.